The molecular formula is C8H20O2Si. The molecule has 0 radical (unpaired) electrons. The first-order chi connectivity index (χ1) is 5.12. The summed E-state index contributed by atoms with van der Waals surface area (Å²) in [5.74, 6) is 0. The Kier molecular flexibility index (Phi) is 5.82. The monoisotopic (exact) mass is 176 g/mol. The fraction of sp³-hybridized carbons (Fsp3) is 1.00. The van der Waals surface area contributed by atoms with Gasteiger partial charge in [-0.3, -0.25) is 0 Å². The summed E-state index contributed by atoms with van der Waals surface area (Å²) in [6, 6.07) is 0. The van der Waals surface area contributed by atoms with Crippen molar-refractivity contribution in [1.29, 1.82) is 0 Å². The van der Waals surface area contributed by atoms with E-state index in [1.54, 1.807) is 0 Å². The maximum absolute atomic E-state index is 5.63. The maximum atomic E-state index is 5.63. The van der Waals surface area contributed by atoms with Crippen LogP contribution in [0.3, 0.4) is 0 Å². The molecular weight excluding hydrogens is 156 g/mol. The molecule has 0 aromatic rings. The van der Waals surface area contributed by atoms with Crippen LogP contribution < -0.4 is 0 Å². The molecule has 0 fully saturated rings. The Morgan fingerprint density at radius 2 is 1.73 bits per heavy atom. The van der Waals surface area contributed by atoms with E-state index >= 15 is 0 Å². The highest BCUT2D eigenvalue weighted by atomic mass is 28.4. The Labute approximate surface area is 71.1 Å². The summed E-state index contributed by atoms with van der Waals surface area (Å²) in [6.45, 7) is 9.98. The lowest BCUT2D eigenvalue weighted by atomic mass is 10.4. The van der Waals surface area contributed by atoms with Crippen molar-refractivity contribution in [1.82, 2.24) is 0 Å². The standard InChI is InChI=1S/C8H20O2Si/c1-5-7-8-10-11(3,4)9-6-2/h5-8H2,1-4H3. The number of rotatable bonds is 6. The van der Waals surface area contributed by atoms with Gasteiger partial charge in [0.2, 0.25) is 0 Å². The summed E-state index contributed by atoms with van der Waals surface area (Å²) in [7, 11) is -1.74. The lowest BCUT2D eigenvalue weighted by Gasteiger charge is -2.21. The normalized spacial score (nSPS) is 12.0. The van der Waals surface area contributed by atoms with Crippen LogP contribution in [0, 0.1) is 0 Å². The van der Waals surface area contributed by atoms with Crippen LogP contribution in [-0.4, -0.2) is 21.8 Å². The minimum absolute atomic E-state index is 0.769. The summed E-state index contributed by atoms with van der Waals surface area (Å²) in [5, 5.41) is 0. The van der Waals surface area contributed by atoms with Crippen LogP contribution in [0.1, 0.15) is 26.7 Å². The summed E-state index contributed by atoms with van der Waals surface area (Å²) < 4.78 is 11.1. The van der Waals surface area contributed by atoms with E-state index in [9.17, 15) is 0 Å². The van der Waals surface area contributed by atoms with Crippen molar-refractivity contribution in [3.63, 3.8) is 0 Å². The van der Waals surface area contributed by atoms with Gasteiger partial charge in [0.25, 0.3) is 0 Å². The van der Waals surface area contributed by atoms with Gasteiger partial charge >= 0.3 is 8.56 Å². The largest absolute Gasteiger partial charge is 0.395 e. The fourth-order valence-corrected chi connectivity index (χ4v) is 2.27. The molecule has 3 heteroatoms. The molecule has 11 heavy (non-hydrogen) atoms. The molecule has 0 aliphatic rings. The molecule has 0 heterocycles. The molecule has 2 nitrogen and oxygen atoms in total. The van der Waals surface area contributed by atoms with Crippen molar-refractivity contribution in [2.24, 2.45) is 0 Å². The van der Waals surface area contributed by atoms with Gasteiger partial charge in [-0.25, -0.2) is 0 Å². The Hall–Kier alpha value is 0.137. The lowest BCUT2D eigenvalue weighted by Crippen LogP contribution is -2.35. The minimum atomic E-state index is -1.74. The molecule has 0 rings (SSSR count). The van der Waals surface area contributed by atoms with Gasteiger partial charge in [0, 0.05) is 13.2 Å². The molecule has 0 aliphatic carbocycles. The van der Waals surface area contributed by atoms with Crippen LogP contribution >= 0.6 is 0 Å². The summed E-state index contributed by atoms with van der Waals surface area (Å²) in [6.07, 6.45) is 2.33. The molecule has 0 atom stereocenters. The Morgan fingerprint density at radius 3 is 2.18 bits per heavy atom. The van der Waals surface area contributed by atoms with Gasteiger partial charge in [-0.15, -0.1) is 0 Å². The average molecular weight is 176 g/mol. The highest BCUT2D eigenvalue weighted by Crippen LogP contribution is 2.06. The van der Waals surface area contributed by atoms with E-state index in [1.165, 1.54) is 6.42 Å². The van der Waals surface area contributed by atoms with E-state index in [0.717, 1.165) is 19.6 Å². The average Bonchev–Trinajstić information content (AvgIpc) is 1.87. The van der Waals surface area contributed by atoms with Crippen LogP contribution in [0.25, 0.3) is 0 Å². The molecule has 0 unspecified atom stereocenters. The van der Waals surface area contributed by atoms with Crippen molar-refractivity contribution in [3.8, 4) is 0 Å². The maximum Gasteiger partial charge on any atom is 0.331 e. The SMILES string of the molecule is CCCCO[Si](C)(C)OCC. The highest BCUT2D eigenvalue weighted by Gasteiger charge is 2.22. The molecule has 0 aromatic carbocycles. The first-order valence-corrected chi connectivity index (χ1v) is 7.22. The summed E-state index contributed by atoms with van der Waals surface area (Å²) >= 11 is 0. The molecule has 0 saturated heterocycles. The van der Waals surface area contributed by atoms with E-state index in [-0.39, 0.29) is 0 Å². The van der Waals surface area contributed by atoms with Crippen LogP contribution in [-0.2, 0) is 8.85 Å². The smallest absolute Gasteiger partial charge is 0.331 e. The third kappa shape index (κ3) is 6.53. The molecule has 0 aromatic heterocycles. The molecule has 0 amide bonds. The molecule has 0 bridgehead atoms. The molecule has 0 N–H and O–H groups in total. The molecule has 0 aliphatic heterocycles. The van der Waals surface area contributed by atoms with Gasteiger partial charge in [-0.2, -0.15) is 0 Å². The van der Waals surface area contributed by atoms with Crippen molar-refractivity contribution < 1.29 is 8.85 Å². The van der Waals surface area contributed by atoms with E-state index in [2.05, 4.69) is 20.0 Å². The van der Waals surface area contributed by atoms with Gasteiger partial charge in [0.15, 0.2) is 0 Å². The Balaban J connectivity index is 3.38. The highest BCUT2D eigenvalue weighted by molar-refractivity contribution is 6.64. The van der Waals surface area contributed by atoms with Gasteiger partial charge in [0.05, 0.1) is 0 Å². The topological polar surface area (TPSA) is 18.5 Å². The van der Waals surface area contributed by atoms with Crippen molar-refractivity contribution in [3.05, 3.63) is 0 Å². The second-order valence-electron chi connectivity index (χ2n) is 3.03. The summed E-state index contributed by atoms with van der Waals surface area (Å²) in [4.78, 5) is 0. The Bertz CT molecular complexity index is 94.1. The van der Waals surface area contributed by atoms with Gasteiger partial charge in [-0.1, -0.05) is 13.3 Å². The van der Waals surface area contributed by atoms with Crippen LogP contribution in [0.15, 0.2) is 0 Å². The lowest BCUT2D eigenvalue weighted by molar-refractivity contribution is 0.184. The van der Waals surface area contributed by atoms with Crippen molar-refractivity contribution >= 4 is 8.56 Å². The Morgan fingerprint density at radius 1 is 1.09 bits per heavy atom. The number of hydrogen-bond donors (Lipinski definition) is 0. The summed E-state index contributed by atoms with van der Waals surface area (Å²) in [5.41, 5.74) is 0. The first kappa shape index (κ1) is 11.1. The fourth-order valence-electron chi connectivity index (χ4n) is 0.852. The van der Waals surface area contributed by atoms with E-state index in [4.69, 9.17) is 8.85 Å². The quantitative estimate of drug-likeness (QED) is 0.457. The first-order valence-electron chi connectivity index (χ1n) is 4.40. The van der Waals surface area contributed by atoms with Gasteiger partial charge < -0.3 is 8.85 Å². The third-order valence-electron chi connectivity index (χ3n) is 1.44. The zero-order chi connectivity index (χ0) is 8.74. The second kappa shape index (κ2) is 5.74. The van der Waals surface area contributed by atoms with E-state index < -0.39 is 8.56 Å². The number of unbranched alkanes of at least 4 members (excludes halogenated alkanes) is 1. The van der Waals surface area contributed by atoms with Gasteiger partial charge in [-0.05, 0) is 26.4 Å². The van der Waals surface area contributed by atoms with E-state index in [0.29, 0.717) is 0 Å². The van der Waals surface area contributed by atoms with Gasteiger partial charge in [0.1, 0.15) is 0 Å². The minimum Gasteiger partial charge on any atom is -0.395 e. The predicted octanol–water partition coefficient (Wildman–Crippen LogP) is 2.54. The third-order valence-corrected chi connectivity index (χ3v) is 3.32. The van der Waals surface area contributed by atoms with E-state index in [1.807, 2.05) is 6.92 Å². The zero-order valence-corrected chi connectivity index (χ0v) is 9.14. The predicted molar refractivity (Wildman–Crippen MR) is 50.0 cm³/mol. The van der Waals surface area contributed by atoms with Crippen molar-refractivity contribution in [2.75, 3.05) is 13.2 Å². The van der Waals surface area contributed by atoms with Crippen LogP contribution in [0.5, 0.6) is 0 Å². The van der Waals surface area contributed by atoms with Crippen LogP contribution in [0.2, 0.25) is 13.1 Å². The molecule has 0 spiro atoms. The number of hydrogen-bond acceptors (Lipinski definition) is 2. The molecule has 68 valence electrons. The van der Waals surface area contributed by atoms with Crippen molar-refractivity contribution in [2.45, 2.75) is 39.8 Å². The zero-order valence-electron chi connectivity index (χ0n) is 8.14. The van der Waals surface area contributed by atoms with Crippen LogP contribution in [0.4, 0.5) is 0 Å². The second-order valence-corrected chi connectivity index (χ2v) is 6.41. The molecule has 0 saturated carbocycles.